The van der Waals surface area contributed by atoms with Gasteiger partial charge in [-0.1, -0.05) is 35.4 Å². The van der Waals surface area contributed by atoms with Crippen molar-refractivity contribution in [1.29, 1.82) is 5.26 Å². The highest BCUT2D eigenvalue weighted by Gasteiger charge is 2.21. The van der Waals surface area contributed by atoms with Gasteiger partial charge in [0, 0.05) is 29.1 Å². The standard InChI is InChI=1S/C24H17ClN2O4S2/c1-15-2-7-20-21(10-15)17(12-26)13-27(24(20)29)18-5-3-16(4-6-18)11-19(28)14-33(30,31)23-9-8-22(25)32-23/h2-10,13H,11,14H2,1H3. The maximum atomic E-state index is 13.0. The van der Waals surface area contributed by atoms with Gasteiger partial charge in [0.25, 0.3) is 5.56 Å². The number of hydrogen-bond donors (Lipinski definition) is 0. The van der Waals surface area contributed by atoms with E-state index in [0.717, 1.165) is 16.9 Å². The number of sulfone groups is 1. The molecule has 2 heterocycles. The highest BCUT2D eigenvalue weighted by Crippen LogP contribution is 2.26. The lowest BCUT2D eigenvalue weighted by Gasteiger charge is -2.10. The molecule has 0 amide bonds. The van der Waals surface area contributed by atoms with Gasteiger partial charge in [-0.05, 0) is 48.9 Å². The molecule has 0 atom stereocenters. The van der Waals surface area contributed by atoms with E-state index >= 15 is 0 Å². The van der Waals surface area contributed by atoms with Gasteiger partial charge in [-0.25, -0.2) is 8.42 Å². The number of nitrogens with zero attached hydrogens (tertiary/aromatic N) is 2. The number of rotatable bonds is 6. The third-order valence-corrected chi connectivity index (χ3v) is 8.60. The van der Waals surface area contributed by atoms with Crippen molar-refractivity contribution >= 4 is 49.3 Å². The molecule has 2 aromatic carbocycles. The van der Waals surface area contributed by atoms with Crippen LogP contribution >= 0.6 is 22.9 Å². The minimum atomic E-state index is -3.74. The smallest absolute Gasteiger partial charge is 0.263 e. The molecule has 0 spiro atoms. The fourth-order valence-electron chi connectivity index (χ4n) is 3.54. The first-order chi connectivity index (χ1) is 15.7. The fourth-order valence-corrected chi connectivity index (χ4v) is 6.35. The van der Waals surface area contributed by atoms with E-state index in [9.17, 15) is 23.3 Å². The molecule has 0 unspecified atom stereocenters. The maximum absolute atomic E-state index is 13.0. The van der Waals surface area contributed by atoms with E-state index in [2.05, 4.69) is 6.07 Å². The first kappa shape index (κ1) is 22.9. The Morgan fingerprint density at radius 2 is 1.82 bits per heavy atom. The zero-order chi connectivity index (χ0) is 23.8. The summed E-state index contributed by atoms with van der Waals surface area (Å²) in [5, 5.41) is 10.6. The van der Waals surface area contributed by atoms with Crippen LogP contribution in [0.3, 0.4) is 0 Å². The number of fused-ring (bicyclic) bond motifs is 1. The first-order valence-electron chi connectivity index (χ1n) is 9.83. The van der Waals surface area contributed by atoms with Crippen molar-refractivity contribution in [3.05, 3.63) is 92.2 Å². The Morgan fingerprint density at radius 1 is 1.09 bits per heavy atom. The third-order valence-electron chi connectivity index (χ3n) is 5.11. The zero-order valence-corrected chi connectivity index (χ0v) is 19.8. The summed E-state index contributed by atoms with van der Waals surface area (Å²) in [5.74, 6) is -1.06. The van der Waals surface area contributed by atoms with Crippen LogP contribution in [0.5, 0.6) is 0 Å². The number of carbonyl (C=O) groups excluding carboxylic acids is 1. The Hall–Kier alpha value is -3.25. The molecule has 0 fully saturated rings. The number of aromatic nitrogens is 1. The largest absolute Gasteiger partial charge is 0.298 e. The van der Waals surface area contributed by atoms with Gasteiger partial charge in [-0.2, -0.15) is 5.26 Å². The highest BCUT2D eigenvalue weighted by molar-refractivity contribution is 7.94. The van der Waals surface area contributed by atoms with E-state index in [1.165, 1.54) is 22.9 Å². The predicted molar refractivity (Wildman–Crippen MR) is 129 cm³/mol. The number of carbonyl (C=O) groups is 1. The summed E-state index contributed by atoms with van der Waals surface area (Å²) in [6.07, 6.45) is 1.44. The van der Waals surface area contributed by atoms with Crippen molar-refractivity contribution < 1.29 is 13.2 Å². The molecule has 0 saturated heterocycles. The molecule has 0 bridgehead atoms. The number of aryl methyl sites for hydroxylation is 1. The third kappa shape index (κ3) is 4.76. The fraction of sp³-hybridized carbons (Fsp3) is 0.125. The second-order valence-corrected chi connectivity index (χ2v) is 11.5. The number of pyridine rings is 1. The van der Waals surface area contributed by atoms with Crippen LogP contribution in [-0.2, 0) is 21.1 Å². The molecule has 6 nitrogen and oxygen atoms in total. The van der Waals surface area contributed by atoms with Gasteiger partial charge in [0.05, 0.1) is 9.90 Å². The average molecular weight is 497 g/mol. The first-order valence-corrected chi connectivity index (χ1v) is 12.7. The van der Waals surface area contributed by atoms with Crippen molar-refractivity contribution in [2.75, 3.05) is 5.75 Å². The Bertz CT molecular complexity index is 1590. The van der Waals surface area contributed by atoms with Crippen LogP contribution in [0, 0.1) is 18.3 Å². The molecule has 0 aliphatic rings. The molecule has 0 N–H and O–H groups in total. The predicted octanol–water partition coefficient (Wildman–Crippen LogP) is 4.47. The normalized spacial score (nSPS) is 11.4. The molecule has 4 rings (SSSR count). The quantitative estimate of drug-likeness (QED) is 0.392. The number of halogens is 1. The molecule has 4 aromatic rings. The summed E-state index contributed by atoms with van der Waals surface area (Å²) >= 11 is 6.71. The van der Waals surface area contributed by atoms with Gasteiger partial charge in [-0.15, -0.1) is 11.3 Å². The summed E-state index contributed by atoms with van der Waals surface area (Å²) in [5.41, 5.74) is 2.23. The van der Waals surface area contributed by atoms with E-state index in [-0.39, 0.29) is 16.2 Å². The minimum absolute atomic E-state index is 0.0615. The van der Waals surface area contributed by atoms with Crippen LogP contribution in [0.15, 0.2) is 69.8 Å². The maximum Gasteiger partial charge on any atom is 0.263 e. The van der Waals surface area contributed by atoms with Crippen LogP contribution in [0.4, 0.5) is 0 Å². The van der Waals surface area contributed by atoms with Crippen LogP contribution in [0.1, 0.15) is 16.7 Å². The van der Waals surface area contributed by atoms with Gasteiger partial charge in [0.2, 0.25) is 0 Å². The van der Waals surface area contributed by atoms with Gasteiger partial charge in [0.1, 0.15) is 16.0 Å². The zero-order valence-electron chi connectivity index (χ0n) is 17.4. The number of hydrogen-bond acceptors (Lipinski definition) is 6. The van der Waals surface area contributed by atoms with Gasteiger partial charge >= 0.3 is 0 Å². The van der Waals surface area contributed by atoms with Crippen LogP contribution in [0.2, 0.25) is 4.34 Å². The Balaban J connectivity index is 1.58. The average Bonchev–Trinajstić information content (AvgIpc) is 3.22. The molecule has 166 valence electrons. The summed E-state index contributed by atoms with van der Waals surface area (Å²) in [4.78, 5) is 25.4. The monoisotopic (exact) mass is 496 g/mol. The molecule has 33 heavy (non-hydrogen) atoms. The summed E-state index contributed by atoms with van der Waals surface area (Å²) in [7, 11) is -3.74. The molecular formula is C24H17ClN2O4S2. The number of nitriles is 1. The SMILES string of the molecule is Cc1ccc2c(=O)n(-c3ccc(CC(=O)CS(=O)(=O)c4ccc(Cl)s4)cc3)cc(C#N)c2c1. The van der Waals surface area contributed by atoms with E-state index in [1.807, 2.05) is 19.1 Å². The molecule has 0 aliphatic heterocycles. The van der Waals surface area contributed by atoms with Crippen molar-refractivity contribution in [2.45, 2.75) is 17.6 Å². The lowest BCUT2D eigenvalue weighted by molar-refractivity contribution is -0.116. The van der Waals surface area contributed by atoms with Crippen molar-refractivity contribution in [2.24, 2.45) is 0 Å². The van der Waals surface area contributed by atoms with E-state index in [0.29, 0.717) is 31.9 Å². The van der Waals surface area contributed by atoms with Crippen molar-refractivity contribution in [3.8, 4) is 11.8 Å². The lowest BCUT2D eigenvalue weighted by Crippen LogP contribution is -2.19. The molecule has 0 aliphatic carbocycles. The van der Waals surface area contributed by atoms with Gasteiger partial charge < -0.3 is 0 Å². The highest BCUT2D eigenvalue weighted by atomic mass is 35.5. The number of Topliss-reactive ketones (excluding diaryl/α,β-unsaturated/α-hetero) is 1. The second kappa shape index (κ2) is 8.94. The lowest BCUT2D eigenvalue weighted by atomic mass is 10.0. The van der Waals surface area contributed by atoms with Crippen LogP contribution in [-0.4, -0.2) is 24.5 Å². The number of ketones is 1. The summed E-state index contributed by atoms with van der Waals surface area (Å²) < 4.78 is 26.6. The molecule has 0 radical (unpaired) electrons. The van der Waals surface area contributed by atoms with E-state index < -0.39 is 21.4 Å². The molecular weight excluding hydrogens is 480 g/mol. The Labute approximate surface area is 199 Å². The Morgan fingerprint density at radius 3 is 2.45 bits per heavy atom. The van der Waals surface area contributed by atoms with Crippen molar-refractivity contribution in [1.82, 2.24) is 4.57 Å². The molecule has 9 heteroatoms. The Kier molecular flexibility index (Phi) is 6.21. The van der Waals surface area contributed by atoms with Crippen LogP contribution < -0.4 is 5.56 Å². The minimum Gasteiger partial charge on any atom is -0.298 e. The van der Waals surface area contributed by atoms with Crippen LogP contribution in [0.25, 0.3) is 16.5 Å². The topological polar surface area (TPSA) is 97.0 Å². The number of thiophene rings is 1. The van der Waals surface area contributed by atoms with Gasteiger partial charge in [0.15, 0.2) is 15.6 Å². The molecule has 2 aromatic heterocycles. The summed E-state index contributed by atoms with van der Waals surface area (Å²) in [6.45, 7) is 1.90. The van der Waals surface area contributed by atoms with E-state index in [1.54, 1.807) is 30.3 Å². The van der Waals surface area contributed by atoms with Crippen molar-refractivity contribution in [3.63, 3.8) is 0 Å². The van der Waals surface area contributed by atoms with Gasteiger partial charge in [-0.3, -0.25) is 14.2 Å². The number of benzene rings is 2. The summed E-state index contributed by atoms with van der Waals surface area (Å²) in [6, 6.07) is 17.0. The second-order valence-electron chi connectivity index (χ2n) is 7.58. The van der Waals surface area contributed by atoms with E-state index in [4.69, 9.17) is 11.6 Å². The molecule has 0 saturated carbocycles.